The molecule has 0 unspecified atom stereocenters. The second-order valence-corrected chi connectivity index (χ2v) is 7.22. The number of benzene rings is 4. The quantitative estimate of drug-likeness (QED) is 0.321. The highest BCUT2D eigenvalue weighted by Gasteiger charge is 2.18. The Morgan fingerprint density at radius 3 is 2.00 bits per heavy atom. The highest BCUT2D eigenvalue weighted by atomic mass is 16.5. The molecule has 4 aromatic rings. The maximum Gasteiger partial charge on any atom is 0.255 e. The Morgan fingerprint density at radius 1 is 0.719 bits per heavy atom. The third kappa shape index (κ3) is 4.37. The fraction of sp³-hybridized carbons (Fsp3) is 0.0370. The second kappa shape index (κ2) is 9.18. The molecule has 0 fully saturated rings. The number of nitrogens with one attached hydrogen (secondary N) is 1. The Bertz CT molecular complexity index is 1250. The first-order chi connectivity index (χ1) is 15.6. The van der Waals surface area contributed by atoms with E-state index in [1.165, 1.54) is 0 Å². The summed E-state index contributed by atoms with van der Waals surface area (Å²) in [4.78, 5) is 26.0. The molecule has 32 heavy (non-hydrogen) atoms. The van der Waals surface area contributed by atoms with E-state index in [0.717, 1.165) is 11.1 Å². The summed E-state index contributed by atoms with van der Waals surface area (Å²) in [5, 5.41) is 2.82. The molecule has 0 aliphatic carbocycles. The Hall–Kier alpha value is -4.38. The summed E-state index contributed by atoms with van der Waals surface area (Å²) in [6.07, 6.45) is 0. The number of carbonyl (C=O) groups excluding carboxylic acids is 2. The number of ether oxygens (including phenoxy) is 1. The van der Waals surface area contributed by atoms with E-state index in [2.05, 4.69) is 5.32 Å². The predicted molar refractivity (Wildman–Crippen MR) is 127 cm³/mol. The van der Waals surface area contributed by atoms with Gasteiger partial charge in [-0.25, -0.2) is 0 Å². The van der Waals surface area contributed by atoms with Gasteiger partial charge in [0.25, 0.3) is 5.91 Å². The first kappa shape index (κ1) is 20.9. The van der Waals surface area contributed by atoms with Crippen LogP contribution in [0.1, 0.15) is 26.3 Å². The van der Waals surface area contributed by atoms with Gasteiger partial charge < -0.3 is 15.8 Å². The highest BCUT2D eigenvalue weighted by molar-refractivity contribution is 6.17. The zero-order valence-corrected chi connectivity index (χ0v) is 17.5. The van der Waals surface area contributed by atoms with Crippen molar-refractivity contribution in [2.24, 2.45) is 0 Å². The minimum absolute atomic E-state index is 0.241. The van der Waals surface area contributed by atoms with E-state index in [9.17, 15) is 9.59 Å². The van der Waals surface area contributed by atoms with Gasteiger partial charge in [0.05, 0.1) is 18.5 Å². The van der Waals surface area contributed by atoms with E-state index >= 15 is 0 Å². The number of ketones is 1. The fourth-order valence-corrected chi connectivity index (χ4v) is 3.43. The number of para-hydroxylation sites is 1. The minimum Gasteiger partial charge on any atom is -0.497 e. The molecule has 4 rings (SSSR count). The van der Waals surface area contributed by atoms with Gasteiger partial charge in [-0.05, 0) is 59.7 Å². The molecular formula is C27H22N2O3. The van der Waals surface area contributed by atoms with Crippen LogP contribution in [0.3, 0.4) is 0 Å². The van der Waals surface area contributed by atoms with Crippen LogP contribution >= 0.6 is 0 Å². The lowest BCUT2D eigenvalue weighted by Crippen LogP contribution is -2.16. The van der Waals surface area contributed by atoms with Gasteiger partial charge in [-0.15, -0.1) is 0 Å². The monoisotopic (exact) mass is 422 g/mol. The molecule has 0 aromatic heterocycles. The highest BCUT2D eigenvalue weighted by Crippen LogP contribution is 2.28. The summed E-state index contributed by atoms with van der Waals surface area (Å²) in [5.41, 5.74) is 10.1. The van der Waals surface area contributed by atoms with E-state index < -0.39 is 0 Å². The minimum atomic E-state index is -0.341. The van der Waals surface area contributed by atoms with Crippen molar-refractivity contribution >= 4 is 23.1 Å². The third-order valence-electron chi connectivity index (χ3n) is 5.19. The maximum atomic E-state index is 13.1. The summed E-state index contributed by atoms with van der Waals surface area (Å²) >= 11 is 0. The van der Waals surface area contributed by atoms with E-state index in [0.29, 0.717) is 33.8 Å². The number of amides is 1. The summed E-state index contributed by atoms with van der Waals surface area (Å²) in [6.45, 7) is 0. The predicted octanol–water partition coefficient (Wildman–Crippen LogP) is 5.43. The van der Waals surface area contributed by atoms with Crippen LogP contribution in [0.2, 0.25) is 0 Å². The number of nitrogen functional groups attached to an aromatic ring is 1. The van der Waals surface area contributed by atoms with Gasteiger partial charge in [0.15, 0.2) is 5.78 Å². The molecule has 0 bridgehead atoms. The Morgan fingerprint density at radius 2 is 1.34 bits per heavy atom. The molecule has 5 nitrogen and oxygen atoms in total. The van der Waals surface area contributed by atoms with Gasteiger partial charge >= 0.3 is 0 Å². The Labute approximate surface area is 186 Å². The SMILES string of the molecule is COc1ccc(C(=O)c2cccc(N)c2NC(=O)c2ccc(-c3ccccc3)cc2)cc1. The molecular weight excluding hydrogens is 400 g/mol. The molecule has 0 aliphatic heterocycles. The van der Waals surface area contributed by atoms with Crippen molar-refractivity contribution in [2.75, 3.05) is 18.2 Å². The second-order valence-electron chi connectivity index (χ2n) is 7.22. The topological polar surface area (TPSA) is 81.4 Å². The molecule has 0 saturated carbocycles. The van der Waals surface area contributed by atoms with Crippen molar-refractivity contribution < 1.29 is 14.3 Å². The zero-order valence-electron chi connectivity index (χ0n) is 17.5. The normalized spacial score (nSPS) is 10.4. The number of anilines is 2. The van der Waals surface area contributed by atoms with Crippen LogP contribution in [0.5, 0.6) is 5.75 Å². The standard InChI is InChI=1S/C27H22N2O3/c1-32-22-16-14-20(15-17-22)26(30)23-8-5-9-24(28)25(23)29-27(31)21-12-10-19(11-13-21)18-6-3-2-4-7-18/h2-17H,28H2,1H3,(H,29,31). The fourth-order valence-electron chi connectivity index (χ4n) is 3.43. The van der Waals surface area contributed by atoms with E-state index in [1.807, 2.05) is 42.5 Å². The van der Waals surface area contributed by atoms with Gasteiger partial charge in [0.1, 0.15) is 5.75 Å². The molecule has 0 spiro atoms. The van der Waals surface area contributed by atoms with Crippen LogP contribution in [-0.4, -0.2) is 18.8 Å². The van der Waals surface area contributed by atoms with E-state index in [-0.39, 0.29) is 11.7 Å². The van der Waals surface area contributed by atoms with Gasteiger partial charge in [-0.3, -0.25) is 9.59 Å². The van der Waals surface area contributed by atoms with Crippen LogP contribution in [-0.2, 0) is 0 Å². The number of hydrogen-bond donors (Lipinski definition) is 2. The van der Waals surface area contributed by atoms with Gasteiger partial charge in [-0.1, -0.05) is 48.5 Å². The first-order valence-electron chi connectivity index (χ1n) is 10.1. The molecule has 1 amide bonds. The van der Waals surface area contributed by atoms with Crippen LogP contribution in [0.4, 0.5) is 11.4 Å². The van der Waals surface area contributed by atoms with Crippen molar-refractivity contribution in [2.45, 2.75) is 0 Å². The molecule has 4 aromatic carbocycles. The molecule has 0 radical (unpaired) electrons. The number of methoxy groups -OCH3 is 1. The number of nitrogens with two attached hydrogens (primary N) is 1. The average Bonchev–Trinajstić information content (AvgIpc) is 2.85. The number of rotatable bonds is 6. The van der Waals surface area contributed by atoms with Crippen molar-refractivity contribution in [3.63, 3.8) is 0 Å². The van der Waals surface area contributed by atoms with Crippen LogP contribution in [0, 0.1) is 0 Å². The first-order valence-corrected chi connectivity index (χ1v) is 10.1. The summed E-state index contributed by atoms with van der Waals surface area (Å²) in [5.74, 6) is 0.0718. The lowest BCUT2D eigenvalue weighted by Gasteiger charge is -2.14. The lowest BCUT2D eigenvalue weighted by molar-refractivity contribution is 0.102. The average molecular weight is 422 g/mol. The summed E-state index contributed by atoms with van der Waals surface area (Å²) in [7, 11) is 1.56. The number of hydrogen-bond acceptors (Lipinski definition) is 4. The van der Waals surface area contributed by atoms with Crippen LogP contribution < -0.4 is 15.8 Å². The van der Waals surface area contributed by atoms with Crippen LogP contribution in [0.25, 0.3) is 11.1 Å². The smallest absolute Gasteiger partial charge is 0.255 e. The molecule has 0 heterocycles. The number of carbonyl (C=O) groups is 2. The van der Waals surface area contributed by atoms with Gasteiger partial charge in [0, 0.05) is 16.7 Å². The largest absolute Gasteiger partial charge is 0.497 e. The summed E-state index contributed by atoms with van der Waals surface area (Å²) in [6, 6.07) is 29.0. The van der Waals surface area contributed by atoms with Crippen molar-refractivity contribution in [1.29, 1.82) is 0 Å². The summed E-state index contributed by atoms with van der Waals surface area (Å²) < 4.78 is 5.15. The third-order valence-corrected chi connectivity index (χ3v) is 5.19. The molecule has 0 saturated heterocycles. The molecule has 0 atom stereocenters. The lowest BCUT2D eigenvalue weighted by atomic mass is 10.00. The zero-order chi connectivity index (χ0) is 22.5. The van der Waals surface area contributed by atoms with Gasteiger partial charge in [-0.2, -0.15) is 0 Å². The molecule has 158 valence electrons. The van der Waals surface area contributed by atoms with E-state index in [1.54, 1.807) is 61.7 Å². The Kier molecular flexibility index (Phi) is 5.99. The van der Waals surface area contributed by atoms with Crippen LogP contribution in [0.15, 0.2) is 97.1 Å². The maximum absolute atomic E-state index is 13.1. The molecule has 5 heteroatoms. The van der Waals surface area contributed by atoms with E-state index in [4.69, 9.17) is 10.5 Å². The van der Waals surface area contributed by atoms with Crippen molar-refractivity contribution in [3.05, 3.63) is 114 Å². The molecule has 0 aliphatic rings. The Balaban J connectivity index is 1.59. The van der Waals surface area contributed by atoms with Crippen molar-refractivity contribution in [3.8, 4) is 16.9 Å². The molecule has 3 N–H and O–H groups in total. The van der Waals surface area contributed by atoms with Crippen molar-refractivity contribution in [1.82, 2.24) is 0 Å². The van der Waals surface area contributed by atoms with Gasteiger partial charge in [0.2, 0.25) is 0 Å².